The Hall–Kier alpha value is -0.310. The van der Waals surface area contributed by atoms with Crippen molar-refractivity contribution in [3.8, 4) is 0 Å². The maximum absolute atomic E-state index is 6.15. The molecule has 0 aliphatic heterocycles. The third kappa shape index (κ3) is 6.31. The molecule has 0 aliphatic carbocycles. The molecular weight excluding hydrogens is 220 g/mol. The minimum atomic E-state index is 0.105. The molecule has 0 aliphatic rings. The molecule has 0 amide bonds. The predicted molar refractivity (Wildman–Crippen MR) is 74.2 cm³/mol. The van der Waals surface area contributed by atoms with E-state index in [1.165, 1.54) is 5.57 Å². The van der Waals surface area contributed by atoms with Crippen LogP contribution in [0.15, 0.2) is 24.3 Å². The number of hydrogen-bond acceptors (Lipinski definition) is 2. The fourth-order valence-corrected chi connectivity index (χ4v) is 1.76. The zero-order valence-electron chi connectivity index (χ0n) is 10.9. The van der Waals surface area contributed by atoms with Crippen LogP contribution >= 0.6 is 11.6 Å². The first-order valence-electron chi connectivity index (χ1n) is 5.89. The molecule has 2 nitrogen and oxygen atoms in total. The predicted octanol–water partition coefficient (Wildman–Crippen LogP) is 2.70. The van der Waals surface area contributed by atoms with Gasteiger partial charge in [0.25, 0.3) is 0 Å². The Labute approximate surface area is 105 Å². The Morgan fingerprint density at radius 1 is 1.31 bits per heavy atom. The number of hydrogen-bond donors (Lipinski definition) is 2. The standard InChI is InChI=1S/C13H25ClN2/c1-6-10(3)13(12(5)14)16-9-8-15-11(4)7-2/h6-7,11-13,15-16H,2,8-9H2,1,3-5H3/b10-6+. The zero-order valence-corrected chi connectivity index (χ0v) is 11.6. The molecule has 0 aromatic carbocycles. The molecule has 2 N–H and O–H groups in total. The van der Waals surface area contributed by atoms with Gasteiger partial charge in [-0.1, -0.05) is 17.7 Å². The van der Waals surface area contributed by atoms with Crippen molar-refractivity contribution in [3.63, 3.8) is 0 Å². The summed E-state index contributed by atoms with van der Waals surface area (Å²) < 4.78 is 0. The fraction of sp³-hybridized carbons (Fsp3) is 0.692. The summed E-state index contributed by atoms with van der Waals surface area (Å²) in [6.07, 6.45) is 4.01. The van der Waals surface area contributed by atoms with Crippen molar-refractivity contribution in [1.29, 1.82) is 0 Å². The molecule has 3 atom stereocenters. The van der Waals surface area contributed by atoms with E-state index in [0.717, 1.165) is 13.1 Å². The van der Waals surface area contributed by atoms with Gasteiger partial charge in [0.05, 0.1) is 0 Å². The van der Waals surface area contributed by atoms with E-state index in [2.05, 4.69) is 37.1 Å². The van der Waals surface area contributed by atoms with Crippen molar-refractivity contribution >= 4 is 11.6 Å². The van der Waals surface area contributed by atoms with E-state index in [1.807, 2.05) is 19.9 Å². The minimum Gasteiger partial charge on any atom is -0.310 e. The smallest absolute Gasteiger partial charge is 0.0499 e. The molecule has 16 heavy (non-hydrogen) atoms. The zero-order chi connectivity index (χ0) is 12.6. The Balaban J connectivity index is 3.91. The molecule has 0 bridgehead atoms. The van der Waals surface area contributed by atoms with Crippen LogP contribution in [0.2, 0.25) is 0 Å². The number of rotatable bonds is 8. The van der Waals surface area contributed by atoms with Gasteiger partial charge in [0.1, 0.15) is 0 Å². The Bertz CT molecular complexity index is 224. The van der Waals surface area contributed by atoms with Gasteiger partial charge in [-0.05, 0) is 27.7 Å². The van der Waals surface area contributed by atoms with Gasteiger partial charge in [-0.15, -0.1) is 18.2 Å². The van der Waals surface area contributed by atoms with Crippen molar-refractivity contribution in [2.45, 2.75) is 45.2 Å². The number of alkyl halides is 1. The maximum Gasteiger partial charge on any atom is 0.0499 e. The number of halogens is 1. The molecule has 0 rings (SSSR count). The van der Waals surface area contributed by atoms with E-state index < -0.39 is 0 Å². The van der Waals surface area contributed by atoms with Crippen LogP contribution in [-0.4, -0.2) is 30.6 Å². The van der Waals surface area contributed by atoms with Crippen LogP contribution in [0.25, 0.3) is 0 Å². The Kier molecular flexibility index (Phi) is 8.63. The first kappa shape index (κ1) is 15.7. The molecule has 0 aromatic rings. The van der Waals surface area contributed by atoms with E-state index >= 15 is 0 Å². The first-order chi connectivity index (χ1) is 7.52. The van der Waals surface area contributed by atoms with Gasteiger partial charge in [0.2, 0.25) is 0 Å². The summed E-state index contributed by atoms with van der Waals surface area (Å²) in [5.74, 6) is 0. The minimum absolute atomic E-state index is 0.105. The van der Waals surface area contributed by atoms with Gasteiger partial charge in [-0.3, -0.25) is 0 Å². The SMILES string of the molecule is C=CC(C)NCCNC(/C(C)=C/C)C(C)Cl. The molecule has 3 heteroatoms. The normalized spacial score (nSPS) is 17.9. The summed E-state index contributed by atoms with van der Waals surface area (Å²) in [6.45, 7) is 13.8. The quantitative estimate of drug-likeness (QED) is 0.390. The molecule has 0 saturated heterocycles. The average Bonchev–Trinajstić information content (AvgIpc) is 2.27. The van der Waals surface area contributed by atoms with Gasteiger partial charge in [-0.2, -0.15) is 0 Å². The summed E-state index contributed by atoms with van der Waals surface area (Å²) in [7, 11) is 0. The van der Waals surface area contributed by atoms with Gasteiger partial charge in [0.15, 0.2) is 0 Å². The van der Waals surface area contributed by atoms with E-state index in [-0.39, 0.29) is 11.4 Å². The van der Waals surface area contributed by atoms with Crippen molar-refractivity contribution in [3.05, 3.63) is 24.3 Å². The summed E-state index contributed by atoms with van der Waals surface area (Å²) >= 11 is 6.15. The topological polar surface area (TPSA) is 24.1 Å². The lowest BCUT2D eigenvalue weighted by Gasteiger charge is -2.22. The molecule has 0 fully saturated rings. The molecule has 0 radical (unpaired) electrons. The second-order valence-electron chi connectivity index (χ2n) is 4.12. The summed E-state index contributed by atoms with van der Waals surface area (Å²) in [5, 5.41) is 6.90. The summed E-state index contributed by atoms with van der Waals surface area (Å²) in [6, 6.07) is 0.615. The highest BCUT2D eigenvalue weighted by molar-refractivity contribution is 6.21. The van der Waals surface area contributed by atoms with E-state index in [0.29, 0.717) is 6.04 Å². The maximum atomic E-state index is 6.15. The largest absolute Gasteiger partial charge is 0.310 e. The monoisotopic (exact) mass is 244 g/mol. The highest BCUT2D eigenvalue weighted by Crippen LogP contribution is 2.10. The summed E-state index contributed by atoms with van der Waals surface area (Å²) in [4.78, 5) is 0. The van der Waals surface area contributed by atoms with E-state index in [9.17, 15) is 0 Å². The third-order valence-corrected chi connectivity index (χ3v) is 2.97. The van der Waals surface area contributed by atoms with Crippen LogP contribution in [0.4, 0.5) is 0 Å². The van der Waals surface area contributed by atoms with Crippen LogP contribution in [0.5, 0.6) is 0 Å². The second-order valence-corrected chi connectivity index (χ2v) is 4.81. The molecule has 94 valence electrons. The molecule has 0 spiro atoms. The number of allylic oxidation sites excluding steroid dienone is 1. The summed E-state index contributed by atoms with van der Waals surface area (Å²) in [5.41, 5.74) is 1.29. The fourth-order valence-electron chi connectivity index (χ4n) is 1.48. The van der Waals surface area contributed by atoms with Crippen LogP contribution in [-0.2, 0) is 0 Å². The van der Waals surface area contributed by atoms with Crippen molar-refractivity contribution in [2.75, 3.05) is 13.1 Å². The van der Waals surface area contributed by atoms with Gasteiger partial charge >= 0.3 is 0 Å². The number of nitrogens with one attached hydrogen (secondary N) is 2. The van der Waals surface area contributed by atoms with Gasteiger partial charge < -0.3 is 10.6 Å². The van der Waals surface area contributed by atoms with Crippen LogP contribution in [0.1, 0.15) is 27.7 Å². The van der Waals surface area contributed by atoms with Crippen LogP contribution < -0.4 is 10.6 Å². The first-order valence-corrected chi connectivity index (χ1v) is 6.32. The molecular formula is C13H25ClN2. The lowest BCUT2D eigenvalue weighted by molar-refractivity contribution is 0.525. The molecule has 0 heterocycles. The van der Waals surface area contributed by atoms with Crippen molar-refractivity contribution in [2.24, 2.45) is 0 Å². The highest BCUT2D eigenvalue weighted by Gasteiger charge is 2.15. The van der Waals surface area contributed by atoms with E-state index in [1.54, 1.807) is 0 Å². The van der Waals surface area contributed by atoms with Crippen LogP contribution in [0.3, 0.4) is 0 Å². The van der Waals surface area contributed by atoms with E-state index in [4.69, 9.17) is 11.6 Å². The second kappa shape index (κ2) is 8.80. The molecule has 3 unspecified atom stereocenters. The third-order valence-electron chi connectivity index (χ3n) is 2.71. The van der Waals surface area contributed by atoms with Gasteiger partial charge in [-0.25, -0.2) is 0 Å². The lowest BCUT2D eigenvalue weighted by Crippen LogP contribution is -2.41. The average molecular weight is 245 g/mol. The lowest BCUT2D eigenvalue weighted by atomic mass is 10.1. The Morgan fingerprint density at radius 3 is 2.31 bits per heavy atom. The molecule has 0 aromatic heterocycles. The van der Waals surface area contributed by atoms with Crippen molar-refractivity contribution in [1.82, 2.24) is 10.6 Å². The highest BCUT2D eigenvalue weighted by atomic mass is 35.5. The van der Waals surface area contributed by atoms with Crippen LogP contribution in [0, 0.1) is 0 Å². The van der Waals surface area contributed by atoms with Gasteiger partial charge in [0, 0.05) is 30.6 Å². The van der Waals surface area contributed by atoms with Crippen molar-refractivity contribution < 1.29 is 0 Å². The Morgan fingerprint density at radius 2 is 1.88 bits per heavy atom. The molecule has 0 saturated carbocycles.